The van der Waals surface area contributed by atoms with Gasteiger partial charge in [0.15, 0.2) is 11.5 Å². The van der Waals surface area contributed by atoms with E-state index in [0.717, 1.165) is 34.0 Å². The molecule has 182 valence electrons. The minimum Gasteiger partial charge on any atom is -0.371 e. The van der Waals surface area contributed by atoms with E-state index in [2.05, 4.69) is 41.2 Å². The second-order valence-corrected chi connectivity index (χ2v) is 9.98. The topological polar surface area (TPSA) is 99.0 Å². The van der Waals surface area contributed by atoms with Gasteiger partial charge < -0.3 is 15.6 Å². The maximum absolute atomic E-state index is 12.9. The summed E-state index contributed by atoms with van der Waals surface area (Å²) in [7, 11) is 1.77. The Morgan fingerprint density at radius 3 is 2.53 bits per heavy atom. The molecule has 4 heterocycles. The monoisotopic (exact) mass is 466 g/mol. The van der Waals surface area contributed by atoms with Gasteiger partial charge in [0.1, 0.15) is 23.5 Å². The third-order valence-corrected chi connectivity index (χ3v) is 6.76. The summed E-state index contributed by atoms with van der Waals surface area (Å²) in [5, 5.41) is 7.23. The van der Waals surface area contributed by atoms with Gasteiger partial charge in [-0.25, -0.2) is 18.9 Å². The molecule has 34 heavy (non-hydrogen) atoms. The van der Waals surface area contributed by atoms with E-state index >= 15 is 0 Å². The largest absolute Gasteiger partial charge is 0.371 e. The number of anilines is 2. The molecular weight excluding hydrogens is 431 g/mol. The van der Waals surface area contributed by atoms with Crippen molar-refractivity contribution in [2.24, 2.45) is 11.3 Å². The number of halogens is 1. The van der Waals surface area contributed by atoms with Gasteiger partial charge >= 0.3 is 0 Å². The van der Waals surface area contributed by atoms with Crippen molar-refractivity contribution in [2.75, 3.05) is 24.8 Å². The van der Waals surface area contributed by atoms with Gasteiger partial charge in [0.05, 0.1) is 12.2 Å². The highest BCUT2D eigenvalue weighted by Crippen LogP contribution is 2.37. The lowest BCUT2D eigenvalue weighted by Crippen LogP contribution is -2.19. The Bertz CT molecular complexity index is 1280. The van der Waals surface area contributed by atoms with E-state index < -0.39 is 6.67 Å². The van der Waals surface area contributed by atoms with Crippen molar-refractivity contribution in [3.63, 3.8) is 0 Å². The molecule has 0 bridgehead atoms. The molecule has 1 aliphatic carbocycles. The Balaban J connectivity index is 0.000000257. The molecule has 1 saturated carbocycles. The number of nitrogen functional groups attached to an aromatic ring is 1. The van der Waals surface area contributed by atoms with Crippen molar-refractivity contribution in [1.82, 2.24) is 29.1 Å². The van der Waals surface area contributed by atoms with Gasteiger partial charge in [0.2, 0.25) is 5.95 Å². The zero-order valence-corrected chi connectivity index (χ0v) is 20.8. The highest BCUT2D eigenvalue weighted by Gasteiger charge is 2.24. The van der Waals surface area contributed by atoms with Crippen molar-refractivity contribution in [2.45, 2.75) is 59.9 Å². The zero-order valence-electron chi connectivity index (χ0n) is 20.8. The zero-order chi connectivity index (χ0) is 24.5. The van der Waals surface area contributed by atoms with E-state index in [-0.39, 0.29) is 12.5 Å². The summed E-state index contributed by atoms with van der Waals surface area (Å²) >= 11 is 0. The highest BCUT2D eigenvalue weighted by molar-refractivity contribution is 5.89. The second kappa shape index (κ2) is 9.56. The molecule has 0 amide bonds. The number of nitrogens with two attached hydrogens (primary N) is 1. The van der Waals surface area contributed by atoms with Crippen LogP contribution in [0.1, 0.15) is 52.3 Å². The van der Waals surface area contributed by atoms with Crippen LogP contribution in [0, 0.1) is 18.3 Å². The van der Waals surface area contributed by atoms with E-state index in [9.17, 15) is 4.39 Å². The first-order chi connectivity index (χ1) is 16.2. The number of hydrogen-bond donors (Lipinski definition) is 2. The molecule has 3 N–H and O–H groups in total. The Morgan fingerprint density at radius 2 is 1.88 bits per heavy atom. The normalized spacial score (nSPS) is 15.9. The van der Waals surface area contributed by atoms with E-state index in [1.54, 1.807) is 22.3 Å². The number of pyridine rings is 1. The average molecular weight is 467 g/mol. The Hall–Kier alpha value is -3.23. The minimum atomic E-state index is -0.468. The molecule has 0 radical (unpaired) electrons. The van der Waals surface area contributed by atoms with Crippen molar-refractivity contribution >= 4 is 28.4 Å². The maximum Gasteiger partial charge on any atom is 0.240 e. The number of fused-ring (bicyclic) bond motifs is 2. The van der Waals surface area contributed by atoms with Crippen molar-refractivity contribution in [3.8, 4) is 11.3 Å². The highest BCUT2D eigenvalue weighted by atomic mass is 19.1. The van der Waals surface area contributed by atoms with Gasteiger partial charge in [-0.05, 0) is 49.3 Å². The number of aryl methyl sites for hydroxylation is 2. The lowest BCUT2D eigenvalue weighted by atomic mass is 9.74. The smallest absolute Gasteiger partial charge is 0.240 e. The molecule has 0 aliphatic heterocycles. The minimum absolute atomic E-state index is 0.180. The summed E-state index contributed by atoms with van der Waals surface area (Å²) in [5.74, 6) is 2.53. The first-order valence-electron chi connectivity index (χ1n) is 12.0. The van der Waals surface area contributed by atoms with Gasteiger partial charge in [0.25, 0.3) is 0 Å². The number of imidazole rings is 1. The Labute approximate surface area is 199 Å². The van der Waals surface area contributed by atoms with E-state index in [1.807, 2.05) is 25.1 Å². The van der Waals surface area contributed by atoms with Crippen LogP contribution in [0.15, 0.2) is 24.4 Å². The summed E-state index contributed by atoms with van der Waals surface area (Å²) in [6, 6.07) is 5.68. The second-order valence-electron chi connectivity index (χ2n) is 9.98. The molecule has 4 aromatic rings. The molecule has 0 aromatic carbocycles. The van der Waals surface area contributed by atoms with Crippen LogP contribution in [-0.2, 0) is 6.54 Å². The SMILES string of the molecule is CC1CCC(C)(C)CC1.CNc1nc(N)nn2ccc(-c3ccc4nc(C)n(CCF)c4n3)c12. The molecule has 9 heteroatoms. The fraction of sp³-hybridized carbons (Fsp3) is 0.520. The van der Waals surface area contributed by atoms with Gasteiger partial charge in [-0.1, -0.05) is 33.6 Å². The summed E-state index contributed by atoms with van der Waals surface area (Å²) in [6.45, 7) is 8.76. The van der Waals surface area contributed by atoms with E-state index in [4.69, 9.17) is 10.7 Å². The standard InChI is InChI=1S/C16H17FN8.C9H18/c1-9-20-12-4-3-11(21-15(12)24(9)8-6-17)10-5-7-25-13(10)14(19-2)22-16(18)23-25;1-8-4-6-9(2,3)7-5-8/h3-5,7H,6,8H2,1-2H3,(H3,18,19,22,23);8H,4-7H2,1-3H3. The third-order valence-electron chi connectivity index (χ3n) is 6.76. The van der Waals surface area contributed by atoms with Crippen LogP contribution in [0.4, 0.5) is 16.2 Å². The summed E-state index contributed by atoms with van der Waals surface area (Å²) in [5.41, 5.74) is 10.2. The van der Waals surface area contributed by atoms with Gasteiger partial charge in [0, 0.05) is 18.8 Å². The fourth-order valence-corrected chi connectivity index (χ4v) is 4.58. The van der Waals surface area contributed by atoms with Crippen LogP contribution in [0.2, 0.25) is 0 Å². The molecule has 0 unspecified atom stereocenters. The maximum atomic E-state index is 12.9. The molecular formula is C25H35FN8. The first-order valence-corrected chi connectivity index (χ1v) is 12.0. The molecule has 0 saturated heterocycles. The van der Waals surface area contributed by atoms with Gasteiger partial charge in [-0.2, -0.15) is 4.98 Å². The number of alkyl halides is 1. The van der Waals surface area contributed by atoms with Crippen LogP contribution in [0.25, 0.3) is 27.9 Å². The third kappa shape index (κ3) is 4.83. The van der Waals surface area contributed by atoms with Gasteiger partial charge in [-0.3, -0.25) is 0 Å². The van der Waals surface area contributed by atoms with Crippen molar-refractivity contribution < 1.29 is 4.39 Å². The quantitative estimate of drug-likeness (QED) is 0.425. The number of aromatic nitrogens is 6. The van der Waals surface area contributed by atoms with E-state index in [0.29, 0.717) is 16.9 Å². The molecule has 1 fully saturated rings. The predicted octanol–water partition coefficient (Wildman–Crippen LogP) is 5.27. The van der Waals surface area contributed by atoms with Crippen LogP contribution in [-0.4, -0.2) is 42.9 Å². The summed E-state index contributed by atoms with van der Waals surface area (Å²) < 4.78 is 16.3. The van der Waals surface area contributed by atoms with Crippen LogP contribution in [0.5, 0.6) is 0 Å². The Kier molecular flexibility index (Phi) is 6.72. The first kappa shape index (κ1) is 23.9. The number of rotatable bonds is 4. The average Bonchev–Trinajstić information content (AvgIpc) is 3.36. The molecule has 4 aromatic heterocycles. The lowest BCUT2D eigenvalue weighted by molar-refractivity contribution is 0.201. The van der Waals surface area contributed by atoms with Crippen LogP contribution < -0.4 is 11.1 Å². The summed E-state index contributed by atoms with van der Waals surface area (Å²) in [6.07, 6.45) is 7.59. The molecule has 0 atom stereocenters. The van der Waals surface area contributed by atoms with Crippen LogP contribution in [0.3, 0.4) is 0 Å². The molecule has 0 spiro atoms. The van der Waals surface area contributed by atoms with Crippen LogP contribution >= 0.6 is 0 Å². The van der Waals surface area contributed by atoms with Crippen molar-refractivity contribution in [1.29, 1.82) is 0 Å². The molecule has 8 nitrogen and oxygen atoms in total. The molecule has 5 rings (SSSR count). The Morgan fingerprint density at radius 1 is 1.15 bits per heavy atom. The number of nitrogens with zero attached hydrogens (tertiary/aromatic N) is 6. The number of nitrogens with one attached hydrogen (secondary N) is 1. The van der Waals surface area contributed by atoms with E-state index in [1.165, 1.54) is 25.7 Å². The number of hydrogen-bond acceptors (Lipinski definition) is 6. The van der Waals surface area contributed by atoms with Crippen molar-refractivity contribution in [3.05, 3.63) is 30.2 Å². The summed E-state index contributed by atoms with van der Waals surface area (Å²) in [4.78, 5) is 13.4. The lowest BCUT2D eigenvalue weighted by Gasteiger charge is -2.32. The predicted molar refractivity (Wildman–Crippen MR) is 136 cm³/mol. The molecule has 1 aliphatic rings. The van der Waals surface area contributed by atoms with Gasteiger partial charge in [-0.15, -0.1) is 5.10 Å². The fourth-order valence-electron chi connectivity index (χ4n) is 4.58.